The maximum Gasteiger partial charge on any atom is 0.303 e. The summed E-state index contributed by atoms with van der Waals surface area (Å²) in [6, 6.07) is 2.06. The maximum atomic E-state index is 12.2. The lowest BCUT2D eigenvalue weighted by Gasteiger charge is -2.12. The molecule has 0 fully saturated rings. The van der Waals surface area contributed by atoms with Crippen LogP contribution < -0.4 is 5.32 Å². The Bertz CT molecular complexity index is 486. The molecule has 21 heavy (non-hydrogen) atoms. The Morgan fingerprint density at radius 2 is 2.10 bits per heavy atom. The predicted molar refractivity (Wildman–Crippen MR) is 84.0 cm³/mol. The topological polar surface area (TPSA) is 66.4 Å². The van der Waals surface area contributed by atoms with E-state index in [2.05, 4.69) is 5.32 Å². The maximum absolute atomic E-state index is 12.2. The van der Waals surface area contributed by atoms with Crippen LogP contribution in [0.25, 0.3) is 0 Å². The average Bonchev–Trinajstić information content (AvgIpc) is 2.70. The van der Waals surface area contributed by atoms with E-state index in [9.17, 15) is 9.59 Å². The molecule has 2 rings (SSSR count). The molecule has 0 radical (unpaired) electrons. The van der Waals surface area contributed by atoms with Crippen molar-refractivity contribution in [1.29, 1.82) is 0 Å². The van der Waals surface area contributed by atoms with Gasteiger partial charge in [-0.2, -0.15) is 0 Å². The average molecular weight is 309 g/mol. The Hall–Kier alpha value is -1.36. The molecular formula is C16H23NO3S. The number of rotatable bonds is 6. The molecule has 0 saturated carbocycles. The first-order chi connectivity index (χ1) is 10.1. The minimum absolute atomic E-state index is 0.0127. The van der Waals surface area contributed by atoms with E-state index in [0.29, 0.717) is 12.8 Å². The van der Waals surface area contributed by atoms with Gasteiger partial charge < -0.3 is 10.4 Å². The van der Waals surface area contributed by atoms with Crippen LogP contribution in [0.2, 0.25) is 0 Å². The van der Waals surface area contributed by atoms with E-state index in [-0.39, 0.29) is 18.4 Å². The summed E-state index contributed by atoms with van der Waals surface area (Å²) in [5.74, 6) is -0.800. The van der Waals surface area contributed by atoms with Gasteiger partial charge in [-0.3, -0.25) is 9.59 Å². The molecule has 1 atom stereocenters. The van der Waals surface area contributed by atoms with E-state index >= 15 is 0 Å². The van der Waals surface area contributed by atoms with Crippen LogP contribution >= 0.6 is 11.3 Å². The zero-order chi connectivity index (χ0) is 15.2. The van der Waals surface area contributed by atoms with Crippen molar-refractivity contribution < 1.29 is 14.7 Å². The lowest BCUT2D eigenvalue weighted by atomic mass is 10.1. The fourth-order valence-electron chi connectivity index (χ4n) is 2.71. The number of amides is 1. The lowest BCUT2D eigenvalue weighted by molar-refractivity contribution is -0.137. The first-order valence-electron chi connectivity index (χ1n) is 7.70. The number of hydrogen-bond acceptors (Lipinski definition) is 3. The molecule has 0 bridgehead atoms. The number of thiophene rings is 1. The van der Waals surface area contributed by atoms with Gasteiger partial charge in [0.05, 0.1) is 4.88 Å². The van der Waals surface area contributed by atoms with Crippen LogP contribution in [0.1, 0.15) is 65.6 Å². The van der Waals surface area contributed by atoms with E-state index in [1.807, 2.05) is 13.0 Å². The minimum Gasteiger partial charge on any atom is -0.481 e. The molecular weight excluding hydrogens is 286 g/mol. The summed E-state index contributed by atoms with van der Waals surface area (Å²) in [4.78, 5) is 24.9. The van der Waals surface area contributed by atoms with Crippen molar-refractivity contribution in [2.45, 2.75) is 64.3 Å². The van der Waals surface area contributed by atoms with E-state index in [4.69, 9.17) is 5.11 Å². The molecule has 1 aliphatic rings. The first-order valence-corrected chi connectivity index (χ1v) is 8.52. The Morgan fingerprint density at radius 3 is 2.86 bits per heavy atom. The summed E-state index contributed by atoms with van der Waals surface area (Å²) in [5.41, 5.74) is 1.35. The molecule has 116 valence electrons. The van der Waals surface area contributed by atoms with Crippen LogP contribution in [0.4, 0.5) is 0 Å². The second-order valence-electron chi connectivity index (χ2n) is 5.78. The second-order valence-corrected chi connectivity index (χ2v) is 6.92. The van der Waals surface area contributed by atoms with Gasteiger partial charge in [0.15, 0.2) is 0 Å². The van der Waals surface area contributed by atoms with Gasteiger partial charge in [-0.25, -0.2) is 0 Å². The molecule has 1 aromatic heterocycles. The van der Waals surface area contributed by atoms with Crippen LogP contribution in [0.5, 0.6) is 0 Å². The number of carboxylic acids is 1. The van der Waals surface area contributed by atoms with Crippen LogP contribution in [-0.4, -0.2) is 23.0 Å². The molecule has 0 spiro atoms. The van der Waals surface area contributed by atoms with Crippen molar-refractivity contribution in [3.8, 4) is 0 Å². The molecule has 1 aromatic rings. The largest absolute Gasteiger partial charge is 0.481 e. The monoisotopic (exact) mass is 309 g/mol. The zero-order valence-corrected chi connectivity index (χ0v) is 13.3. The highest BCUT2D eigenvalue weighted by Crippen LogP contribution is 2.29. The standard InChI is InChI=1S/C16H23NO3S/c1-11(6-5-9-15(18)19)17-16(20)14-10-12-7-3-2-4-8-13(12)21-14/h10-11H,2-9H2,1H3,(H,17,20)(H,18,19). The number of aryl methyl sites for hydroxylation is 2. The highest BCUT2D eigenvalue weighted by molar-refractivity contribution is 7.14. The van der Waals surface area contributed by atoms with Gasteiger partial charge in [-0.15, -0.1) is 11.3 Å². The second kappa shape index (κ2) is 7.59. The van der Waals surface area contributed by atoms with Crippen molar-refractivity contribution in [3.05, 3.63) is 21.4 Å². The third-order valence-electron chi connectivity index (χ3n) is 3.88. The van der Waals surface area contributed by atoms with Crippen LogP contribution in [-0.2, 0) is 17.6 Å². The SMILES string of the molecule is CC(CCCC(=O)O)NC(=O)c1cc2c(s1)CCCCC2. The number of carbonyl (C=O) groups excluding carboxylic acids is 1. The molecule has 2 N–H and O–H groups in total. The molecule has 1 amide bonds. The summed E-state index contributed by atoms with van der Waals surface area (Å²) < 4.78 is 0. The highest BCUT2D eigenvalue weighted by atomic mass is 32.1. The number of fused-ring (bicyclic) bond motifs is 1. The molecule has 1 heterocycles. The fraction of sp³-hybridized carbons (Fsp3) is 0.625. The van der Waals surface area contributed by atoms with Gasteiger partial charge in [0.25, 0.3) is 5.91 Å². The first kappa shape index (κ1) is 16.0. The van der Waals surface area contributed by atoms with Gasteiger partial charge in [0.1, 0.15) is 0 Å². The number of aliphatic carboxylic acids is 1. The van der Waals surface area contributed by atoms with Crippen molar-refractivity contribution in [1.82, 2.24) is 5.32 Å². The molecule has 0 aliphatic heterocycles. The van der Waals surface area contributed by atoms with Gasteiger partial charge in [-0.1, -0.05) is 6.42 Å². The van der Waals surface area contributed by atoms with Gasteiger partial charge >= 0.3 is 5.97 Å². The molecule has 0 aromatic carbocycles. The van der Waals surface area contributed by atoms with Crippen LogP contribution in [0.15, 0.2) is 6.07 Å². The molecule has 1 unspecified atom stereocenters. The van der Waals surface area contributed by atoms with Crippen molar-refractivity contribution in [2.24, 2.45) is 0 Å². The van der Waals surface area contributed by atoms with E-state index in [1.54, 1.807) is 11.3 Å². The Morgan fingerprint density at radius 1 is 1.33 bits per heavy atom. The van der Waals surface area contributed by atoms with Crippen LogP contribution in [0, 0.1) is 0 Å². The number of nitrogens with one attached hydrogen (secondary N) is 1. The lowest BCUT2D eigenvalue weighted by Crippen LogP contribution is -2.32. The molecule has 0 saturated heterocycles. The smallest absolute Gasteiger partial charge is 0.303 e. The normalized spacial score (nSPS) is 15.9. The van der Waals surface area contributed by atoms with Gasteiger partial charge in [-0.05, 0) is 57.1 Å². The Labute approximate surface area is 129 Å². The minimum atomic E-state index is -0.782. The summed E-state index contributed by atoms with van der Waals surface area (Å²) in [6.45, 7) is 1.93. The van der Waals surface area contributed by atoms with Gasteiger partial charge in [0, 0.05) is 17.3 Å². The number of carbonyl (C=O) groups is 2. The Kier molecular flexibility index (Phi) is 5.79. The fourth-order valence-corrected chi connectivity index (χ4v) is 3.86. The quantitative estimate of drug-likeness (QED) is 0.792. The van der Waals surface area contributed by atoms with Crippen LogP contribution in [0.3, 0.4) is 0 Å². The van der Waals surface area contributed by atoms with E-state index in [0.717, 1.165) is 17.7 Å². The molecule has 5 heteroatoms. The molecule has 4 nitrogen and oxygen atoms in total. The van der Waals surface area contributed by atoms with Crippen molar-refractivity contribution in [3.63, 3.8) is 0 Å². The number of carboxylic acid groups (broad SMARTS) is 1. The zero-order valence-electron chi connectivity index (χ0n) is 12.5. The van der Waals surface area contributed by atoms with E-state index < -0.39 is 5.97 Å². The summed E-state index contributed by atoms with van der Waals surface area (Å²) in [6.07, 6.45) is 7.36. The highest BCUT2D eigenvalue weighted by Gasteiger charge is 2.17. The summed E-state index contributed by atoms with van der Waals surface area (Å²) in [5, 5.41) is 11.6. The third-order valence-corrected chi connectivity index (χ3v) is 5.11. The summed E-state index contributed by atoms with van der Waals surface area (Å²) >= 11 is 1.62. The number of hydrogen-bond donors (Lipinski definition) is 2. The molecule has 1 aliphatic carbocycles. The van der Waals surface area contributed by atoms with E-state index in [1.165, 1.54) is 29.7 Å². The van der Waals surface area contributed by atoms with Gasteiger partial charge in [0.2, 0.25) is 0 Å². The third kappa shape index (κ3) is 4.84. The summed E-state index contributed by atoms with van der Waals surface area (Å²) in [7, 11) is 0. The Balaban J connectivity index is 1.87. The van der Waals surface area contributed by atoms with Crippen molar-refractivity contribution in [2.75, 3.05) is 0 Å². The van der Waals surface area contributed by atoms with Crippen molar-refractivity contribution >= 4 is 23.2 Å². The predicted octanol–water partition coefficient (Wildman–Crippen LogP) is 3.39.